The quantitative estimate of drug-likeness (QED) is 0.780. The summed E-state index contributed by atoms with van der Waals surface area (Å²) in [6, 6.07) is 1.33. The van der Waals surface area contributed by atoms with Crippen LogP contribution in [0.4, 0.5) is 6.01 Å². The third-order valence-electron chi connectivity index (χ3n) is 3.84. The van der Waals surface area contributed by atoms with Crippen molar-refractivity contribution >= 4 is 17.6 Å². The van der Waals surface area contributed by atoms with Gasteiger partial charge in [-0.05, 0) is 25.8 Å². The van der Waals surface area contributed by atoms with E-state index in [0.717, 1.165) is 13.1 Å². The van der Waals surface area contributed by atoms with Crippen LogP contribution in [0.2, 0.25) is 0 Å². The van der Waals surface area contributed by atoms with E-state index in [4.69, 9.17) is 16.0 Å². The molecule has 2 fully saturated rings. The lowest BCUT2D eigenvalue weighted by molar-refractivity contribution is 0.272. The summed E-state index contributed by atoms with van der Waals surface area (Å²) in [6.07, 6.45) is 4.43. The van der Waals surface area contributed by atoms with Crippen molar-refractivity contribution in [3.8, 4) is 0 Å². The minimum Gasteiger partial charge on any atom is -0.408 e. The number of rotatable bonds is 3. The molecule has 0 radical (unpaired) electrons. The Labute approximate surface area is 112 Å². The molecule has 0 aromatic carbocycles. The molecule has 0 N–H and O–H groups in total. The highest BCUT2D eigenvalue weighted by atomic mass is 35.5. The van der Waals surface area contributed by atoms with Gasteiger partial charge in [0, 0.05) is 38.0 Å². The molecule has 3 heterocycles. The van der Waals surface area contributed by atoms with Gasteiger partial charge in [0.1, 0.15) is 0 Å². The average Bonchev–Trinajstić information content (AvgIpc) is 2.95. The topological polar surface area (TPSA) is 45.4 Å². The minimum absolute atomic E-state index is 0.526. The van der Waals surface area contributed by atoms with Gasteiger partial charge in [0.15, 0.2) is 0 Å². The number of hydrogen-bond donors (Lipinski definition) is 0. The molecule has 1 unspecified atom stereocenters. The summed E-state index contributed by atoms with van der Waals surface area (Å²) in [6.45, 7) is 4.47. The first-order chi connectivity index (χ1) is 8.86. The maximum absolute atomic E-state index is 5.68. The number of hydrogen-bond acceptors (Lipinski definition) is 5. The number of anilines is 1. The first-order valence-corrected chi connectivity index (χ1v) is 7.27. The van der Waals surface area contributed by atoms with Crippen molar-refractivity contribution in [1.82, 2.24) is 15.1 Å². The number of nitrogens with zero attached hydrogens (tertiary/aromatic N) is 4. The summed E-state index contributed by atoms with van der Waals surface area (Å²) >= 11 is 5.68. The summed E-state index contributed by atoms with van der Waals surface area (Å²) < 4.78 is 5.67. The first-order valence-electron chi connectivity index (χ1n) is 6.74. The van der Waals surface area contributed by atoms with Gasteiger partial charge in [0.25, 0.3) is 0 Å². The van der Waals surface area contributed by atoms with Crippen LogP contribution >= 0.6 is 11.6 Å². The van der Waals surface area contributed by atoms with Crippen LogP contribution in [0.15, 0.2) is 4.42 Å². The summed E-state index contributed by atoms with van der Waals surface area (Å²) in [5, 5.41) is 8.19. The van der Waals surface area contributed by atoms with E-state index < -0.39 is 0 Å². The Balaban J connectivity index is 1.70. The predicted octanol–water partition coefficient (Wildman–Crippen LogP) is 1.53. The van der Waals surface area contributed by atoms with E-state index >= 15 is 0 Å². The lowest BCUT2D eigenvalue weighted by atomic mass is 10.2. The van der Waals surface area contributed by atoms with Crippen molar-refractivity contribution in [1.29, 1.82) is 0 Å². The third-order valence-corrected chi connectivity index (χ3v) is 4.03. The summed E-state index contributed by atoms with van der Waals surface area (Å²) in [7, 11) is 0. The molecule has 3 rings (SSSR count). The van der Waals surface area contributed by atoms with E-state index in [1.165, 1.54) is 32.4 Å². The van der Waals surface area contributed by atoms with Crippen LogP contribution in [0, 0.1) is 0 Å². The fourth-order valence-corrected chi connectivity index (χ4v) is 3.10. The molecular weight excluding hydrogens is 252 g/mol. The highest BCUT2D eigenvalue weighted by Crippen LogP contribution is 2.24. The highest BCUT2D eigenvalue weighted by molar-refractivity contribution is 6.17. The molecule has 0 bridgehead atoms. The maximum Gasteiger partial charge on any atom is 0.318 e. The van der Waals surface area contributed by atoms with Crippen LogP contribution in [-0.4, -0.2) is 53.2 Å². The second kappa shape index (κ2) is 5.45. The Kier molecular flexibility index (Phi) is 3.70. The Morgan fingerprint density at radius 3 is 3.00 bits per heavy atom. The van der Waals surface area contributed by atoms with Crippen molar-refractivity contribution in [3.63, 3.8) is 0 Å². The third kappa shape index (κ3) is 2.47. The maximum atomic E-state index is 5.68. The minimum atomic E-state index is 0.526. The molecule has 0 saturated carbocycles. The van der Waals surface area contributed by atoms with Gasteiger partial charge < -0.3 is 9.32 Å². The number of aryl methyl sites for hydroxylation is 1. The standard InChI is InChI=1S/C12H19ClN4O/c13-5-4-11-14-15-12(18-11)17-8-2-7-16-6-1-3-10(16)9-17/h10H,1-9H2. The molecule has 1 atom stereocenters. The molecule has 5 nitrogen and oxygen atoms in total. The molecule has 100 valence electrons. The van der Waals surface area contributed by atoms with Crippen LogP contribution < -0.4 is 4.90 Å². The van der Waals surface area contributed by atoms with Crippen molar-refractivity contribution in [2.45, 2.75) is 31.7 Å². The molecule has 0 amide bonds. The van der Waals surface area contributed by atoms with Crippen LogP contribution in [-0.2, 0) is 6.42 Å². The Bertz CT molecular complexity index is 397. The average molecular weight is 271 g/mol. The molecule has 2 aliphatic heterocycles. The van der Waals surface area contributed by atoms with Gasteiger partial charge in [-0.3, -0.25) is 4.90 Å². The van der Waals surface area contributed by atoms with Crippen LogP contribution in [0.25, 0.3) is 0 Å². The monoisotopic (exact) mass is 270 g/mol. The van der Waals surface area contributed by atoms with Crippen LogP contribution in [0.5, 0.6) is 0 Å². The number of alkyl halides is 1. The molecule has 2 saturated heterocycles. The molecule has 0 spiro atoms. The van der Waals surface area contributed by atoms with Gasteiger partial charge >= 0.3 is 6.01 Å². The number of halogens is 1. The molecule has 1 aromatic rings. The van der Waals surface area contributed by atoms with E-state index in [9.17, 15) is 0 Å². The highest BCUT2D eigenvalue weighted by Gasteiger charge is 2.30. The number of aromatic nitrogens is 2. The Hall–Kier alpha value is -0.810. The second-order valence-electron chi connectivity index (χ2n) is 5.05. The number of fused-ring (bicyclic) bond motifs is 1. The molecule has 18 heavy (non-hydrogen) atoms. The zero-order chi connectivity index (χ0) is 12.4. The van der Waals surface area contributed by atoms with Gasteiger partial charge in [-0.15, -0.1) is 16.7 Å². The SMILES string of the molecule is ClCCc1nnc(N2CCCN3CCCC3C2)o1. The van der Waals surface area contributed by atoms with Crippen molar-refractivity contribution < 1.29 is 4.42 Å². The Morgan fingerprint density at radius 2 is 2.11 bits per heavy atom. The summed E-state index contributed by atoms with van der Waals surface area (Å²) in [5.41, 5.74) is 0. The van der Waals surface area contributed by atoms with E-state index in [1.807, 2.05) is 0 Å². The predicted molar refractivity (Wildman–Crippen MR) is 70.1 cm³/mol. The van der Waals surface area contributed by atoms with E-state index in [2.05, 4.69) is 20.0 Å². The Morgan fingerprint density at radius 1 is 1.22 bits per heavy atom. The molecule has 2 aliphatic rings. The molecule has 1 aromatic heterocycles. The molecule has 6 heteroatoms. The lowest BCUT2D eigenvalue weighted by Gasteiger charge is -2.24. The first kappa shape index (κ1) is 12.2. The van der Waals surface area contributed by atoms with Gasteiger partial charge in [-0.1, -0.05) is 5.10 Å². The van der Waals surface area contributed by atoms with E-state index in [1.54, 1.807) is 0 Å². The van der Waals surface area contributed by atoms with Gasteiger partial charge in [0.2, 0.25) is 5.89 Å². The van der Waals surface area contributed by atoms with Crippen LogP contribution in [0.1, 0.15) is 25.2 Å². The smallest absolute Gasteiger partial charge is 0.318 e. The molecular formula is C12H19ClN4O. The zero-order valence-corrected chi connectivity index (χ0v) is 11.3. The second-order valence-corrected chi connectivity index (χ2v) is 5.43. The van der Waals surface area contributed by atoms with Gasteiger partial charge in [0.05, 0.1) is 0 Å². The van der Waals surface area contributed by atoms with Gasteiger partial charge in [-0.25, -0.2) is 0 Å². The largest absolute Gasteiger partial charge is 0.408 e. The van der Waals surface area contributed by atoms with E-state index in [-0.39, 0.29) is 0 Å². The summed E-state index contributed by atoms with van der Waals surface area (Å²) in [5.74, 6) is 1.17. The normalized spacial score (nSPS) is 25.2. The lowest BCUT2D eigenvalue weighted by Crippen LogP contribution is -2.36. The van der Waals surface area contributed by atoms with Crippen molar-refractivity contribution in [2.24, 2.45) is 0 Å². The fraction of sp³-hybridized carbons (Fsp3) is 0.833. The fourth-order valence-electron chi connectivity index (χ4n) is 2.93. The van der Waals surface area contributed by atoms with Gasteiger partial charge in [-0.2, -0.15) is 0 Å². The van der Waals surface area contributed by atoms with Crippen molar-refractivity contribution in [2.75, 3.05) is 37.0 Å². The van der Waals surface area contributed by atoms with Crippen LogP contribution in [0.3, 0.4) is 0 Å². The van der Waals surface area contributed by atoms with E-state index in [0.29, 0.717) is 30.2 Å². The molecule has 0 aliphatic carbocycles. The zero-order valence-electron chi connectivity index (χ0n) is 10.5. The van der Waals surface area contributed by atoms with Crippen molar-refractivity contribution in [3.05, 3.63) is 5.89 Å². The summed E-state index contributed by atoms with van der Waals surface area (Å²) in [4.78, 5) is 4.83.